The van der Waals surface area contributed by atoms with Crippen molar-refractivity contribution in [3.8, 4) is 5.75 Å². The van der Waals surface area contributed by atoms with Crippen LogP contribution in [-0.4, -0.2) is 60.5 Å². The lowest BCUT2D eigenvalue weighted by atomic mass is 9.86. The summed E-state index contributed by atoms with van der Waals surface area (Å²) < 4.78 is 5.90. The normalized spacial score (nSPS) is 16.8. The Bertz CT molecular complexity index is 753. The van der Waals surface area contributed by atoms with Gasteiger partial charge in [0, 0.05) is 12.4 Å². The van der Waals surface area contributed by atoms with Crippen molar-refractivity contribution in [2.24, 2.45) is 0 Å². The van der Waals surface area contributed by atoms with Crippen LogP contribution in [0.2, 0.25) is 0 Å². The van der Waals surface area contributed by atoms with Crippen LogP contribution in [0.1, 0.15) is 31.9 Å². The summed E-state index contributed by atoms with van der Waals surface area (Å²) in [5, 5.41) is 10.4. The summed E-state index contributed by atoms with van der Waals surface area (Å²) in [5.74, 6) is 1.65. The smallest absolute Gasteiger partial charge is 0.225 e. The number of aliphatic hydroxyl groups excluding tert-OH is 1. The van der Waals surface area contributed by atoms with Crippen molar-refractivity contribution in [3.05, 3.63) is 47.8 Å². The highest BCUT2D eigenvalue weighted by molar-refractivity contribution is 5.38. The summed E-state index contributed by atoms with van der Waals surface area (Å²) in [6, 6.07) is 8.15. The van der Waals surface area contributed by atoms with Gasteiger partial charge in [-0.25, -0.2) is 9.97 Å². The third-order valence-electron chi connectivity index (χ3n) is 5.30. The standard InChI is InChI=1S/C22H32N4O2/c1-17-14-18(22(2,3)4)6-7-20(17)28-16-19(27)15-25-10-12-26(13-11-25)21-23-8-5-9-24-21/h5-9,14,19,27H,10-13,15-16H2,1-4H3/p+1/t19-/m0/s1. The van der Waals surface area contributed by atoms with E-state index in [0.717, 1.165) is 43.4 Å². The van der Waals surface area contributed by atoms with E-state index >= 15 is 0 Å². The van der Waals surface area contributed by atoms with Gasteiger partial charge in [0.2, 0.25) is 5.95 Å². The molecule has 2 N–H and O–H groups in total. The topological polar surface area (TPSA) is 62.9 Å². The summed E-state index contributed by atoms with van der Waals surface area (Å²) in [4.78, 5) is 12.2. The molecule has 28 heavy (non-hydrogen) atoms. The van der Waals surface area contributed by atoms with Crippen LogP contribution in [0.3, 0.4) is 0 Å². The second-order valence-electron chi connectivity index (χ2n) is 8.69. The van der Waals surface area contributed by atoms with E-state index in [2.05, 4.69) is 54.7 Å². The highest BCUT2D eigenvalue weighted by Gasteiger charge is 2.24. The molecule has 0 saturated carbocycles. The number of ether oxygens (including phenoxy) is 1. The van der Waals surface area contributed by atoms with E-state index in [1.807, 2.05) is 12.1 Å². The molecule has 152 valence electrons. The van der Waals surface area contributed by atoms with Crippen LogP contribution in [0.25, 0.3) is 0 Å². The van der Waals surface area contributed by atoms with Gasteiger partial charge in [-0.05, 0) is 35.6 Å². The Balaban J connectivity index is 1.45. The molecule has 0 amide bonds. The molecule has 0 radical (unpaired) electrons. The first kappa shape index (κ1) is 20.6. The van der Waals surface area contributed by atoms with Crippen LogP contribution < -0.4 is 14.5 Å². The van der Waals surface area contributed by atoms with Crippen molar-refractivity contribution >= 4 is 5.95 Å². The molecule has 0 bridgehead atoms. The van der Waals surface area contributed by atoms with Gasteiger partial charge in [-0.1, -0.05) is 32.9 Å². The van der Waals surface area contributed by atoms with Crippen molar-refractivity contribution in [1.82, 2.24) is 9.97 Å². The maximum Gasteiger partial charge on any atom is 0.225 e. The van der Waals surface area contributed by atoms with E-state index in [4.69, 9.17) is 4.74 Å². The molecule has 2 heterocycles. The molecular weight excluding hydrogens is 352 g/mol. The quantitative estimate of drug-likeness (QED) is 0.783. The number of hydrogen-bond acceptors (Lipinski definition) is 5. The van der Waals surface area contributed by atoms with Gasteiger partial charge in [-0.2, -0.15) is 0 Å². The zero-order chi connectivity index (χ0) is 20.1. The predicted molar refractivity (Wildman–Crippen MR) is 111 cm³/mol. The van der Waals surface area contributed by atoms with Gasteiger partial charge in [0.1, 0.15) is 25.0 Å². The fourth-order valence-corrected chi connectivity index (χ4v) is 3.54. The van der Waals surface area contributed by atoms with Crippen LogP contribution in [0.5, 0.6) is 5.75 Å². The van der Waals surface area contributed by atoms with Crippen molar-refractivity contribution in [2.75, 3.05) is 44.2 Å². The molecule has 1 aliphatic rings. The Labute approximate surface area is 168 Å². The van der Waals surface area contributed by atoms with Gasteiger partial charge in [0.15, 0.2) is 0 Å². The molecule has 0 unspecified atom stereocenters. The summed E-state index contributed by atoms with van der Waals surface area (Å²) in [5.41, 5.74) is 2.53. The Kier molecular flexibility index (Phi) is 6.52. The number of quaternary nitrogens is 1. The molecule has 2 aromatic rings. The highest BCUT2D eigenvalue weighted by Crippen LogP contribution is 2.27. The molecule has 1 aromatic heterocycles. The van der Waals surface area contributed by atoms with Crippen molar-refractivity contribution in [2.45, 2.75) is 39.2 Å². The number of rotatable bonds is 6. The molecule has 3 rings (SSSR count). The SMILES string of the molecule is Cc1cc(C(C)(C)C)ccc1OC[C@@H](O)C[NH+]1CCN(c2ncccn2)CC1. The first-order valence-electron chi connectivity index (χ1n) is 10.1. The minimum absolute atomic E-state index is 0.124. The highest BCUT2D eigenvalue weighted by atomic mass is 16.5. The number of anilines is 1. The maximum absolute atomic E-state index is 10.4. The zero-order valence-corrected chi connectivity index (χ0v) is 17.5. The third-order valence-corrected chi connectivity index (χ3v) is 5.30. The number of nitrogens with one attached hydrogen (secondary N) is 1. The first-order valence-corrected chi connectivity index (χ1v) is 10.1. The van der Waals surface area contributed by atoms with Gasteiger partial charge in [-0.3, -0.25) is 0 Å². The number of benzene rings is 1. The van der Waals surface area contributed by atoms with E-state index < -0.39 is 6.10 Å². The summed E-state index contributed by atoms with van der Waals surface area (Å²) in [7, 11) is 0. The first-order chi connectivity index (χ1) is 13.3. The molecule has 1 aromatic carbocycles. The predicted octanol–water partition coefficient (Wildman–Crippen LogP) is 1.23. The van der Waals surface area contributed by atoms with Gasteiger partial charge in [0.05, 0.1) is 26.2 Å². The number of aryl methyl sites for hydroxylation is 1. The van der Waals surface area contributed by atoms with Gasteiger partial charge in [0.25, 0.3) is 0 Å². The fourth-order valence-electron chi connectivity index (χ4n) is 3.54. The second kappa shape index (κ2) is 8.88. The van der Waals surface area contributed by atoms with E-state index in [9.17, 15) is 5.11 Å². The minimum atomic E-state index is -0.476. The Morgan fingerprint density at radius 3 is 2.46 bits per heavy atom. The van der Waals surface area contributed by atoms with Crippen LogP contribution in [0.15, 0.2) is 36.7 Å². The lowest BCUT2D eigenvalue weighted by molar-refractivity contribution is -0.903. The minimum Gasteiger partial charge on any atom is -0.490 e. The van der Waals surface area contributed by atoms with Crippen LogP contribution in [0, 0.1) is 6.92 Å². The van der Waals surface area contributed by atoms with Crippen molar-refractivity contribution in [3.63, 3.8) is 0 Å². The summed E-state index contributed by atoms with van der Waals surface area (Å²) in [6.07, 6.45) is 3.08. The van der Waals surface area contributed by atoms with E-state index in [-0.39, 0.29) is 5.41 Å². The molecule has 1 fully saturated rings. The van der Waals surface area contributed by atoms with E-state index in [0.29, 0.717) is 13.2 Å². The number of aromatic nitrogens is 2. The zero-order valence-electron chi connectivity index (χ0n) is 17.5. The Morgan fingerprint density at radius 2 is 1.86 bits per heavy atom. The third kappa shape index (κ3) is 5.42. The molecule has 0 spiro atoms. The van der Waals surface area contributed by atoms with Gasteiger partial charge < -0.3 is 19.6 Å². The summed E-state index contributed by atoms with van der Waals surface area (Å²) in [6.45, 7) is 13.4. The number of piperazine rings is 1. The van der Waals surface area contributed by atoms with Gasteiger partial charge in [-0.15, -0.1) is 0 Å². The maximum atomic E-state index is 10.4. The van der Waals surface area contributed by atoms with Crippen LogP contribution in [0.4, 0.5) is 5.95 Å². The Morgan fingerprint density at radius 1 is 1.18 bits per heavy atom. The summed E-state index contributed by atoms with van der Waals surface area (Å²) >= 11 is 0. The largest absolute Gasteiger partial charge is 0.490 e. The van der Waals surface area contributed by atoms with Gasteiger partial charge >= 0.3 is 0 Å². The molecule has 6 heteroatoms. The monoisotopic (exact) mass is 385 g/mol. The average Bonchev–Trinajstić information content (AvgIpc) is 2.67. The average molecular weight is 386 g/mol. The van der Waals surface area contributed by atoms with Crippen molar-refractivity contribution in [1.29, 1.82) is 0 Å². The fraction of sp³-hybridized carbons (Fsp3) is 0.545. The number of nitrogens with zero attached hydrogens (tertiary/aromatic N) is 3. The Hall–Kier alpha value is -2.18. The van der Waals surface area contributed by atoms with Crippen molar-refractivity contribution < 1.29 is 14.7 Å². The number of aliphatic hydroxyl groups is 1. The molecule has 0 aliphatic carbocycles. The molecule has 1 aliphatic heterocycles. The lowest BCUT2D eigenvalue weighted by Crippen LogP contribution is -3.16. The molecule has 1 atom stereocenters. The van der Waals surface area contributed by atoms with E-state index in [1.165, 1.54) is 10.5 Å². The second-order valence-corrected chi connectivity index (χ2v) is 8.69. The van der Waals surface area contributed by atoms with E-state index in [1.54, 1.807) is 12.4 Å². The lowest BCUT2D eigenvalue weighted by Gasteiger charge is -2.33. The molecular formula is C22H33N4O2+. The molecule has 1 saturated heterocycles. The van der Waals surface area contributed by atoms with Crippen LogP contribution >= 0.6 is 0 Å². The van der Waals surface area contributed by atoms with Crippen LogP contribution in [-0.2, 0) is 5.41 Å². The number of hydrogen-bond donors (Lipinski definition) is 2. The molecule has 6 nitrogen and oxygen atoms in total.